The number of likely N-dealkylation sites (N-methyl/N-ethyl adjacent to an activating group) is 1. The van der Waals surface area contributed by atoms with Gasteiger partial charge in [-0.2, -0.15) is 0 Å². The third-order valence-corrected chi connectivity index (χ3v) is 5.26. The van der Waals surface area contributed by atoms with Gasteiger partial charge in [-0.25, -0.2) is 0 Å². The van der Waals surface area contributed by atoms with Gasteiger partial charge in [-0.15, -0.1) is 0 Å². The third-order valence-electron chi connectivity index (χ3n) is 4.68. The van der Waals surface area contributed by atoms with Crippen LogP contribution in [0.1, 0.15) is 18.9 Å². The Morgan fingerprint density at radius 3 is 2.16 bits per heavy atom. The molecule has 31 heavy (non-hydrogen) atoms. The molecule has 0 unspecified atom stereocenters. The first-order valence-electron chi connectivity index (χ1n) is 9.63. The van der Waals surface area contributed by atoms with E-state index in [-0.39, 0.29) is 25.0 Å². The van der Waals surface area contributed by atoms with Crippen molar-refractivity contribution in [2.75, 3.05) is 27.9 Å². The smallest absolute Gasteiger partial charge is 0.261 e. The SMILES string of the molecule is CC[C@H](C(=O)NC)N(Cc1ccc(Cl)cc1Cl)C(=O)COc1cc(OC)cc(OC)c1. The summed E-state index contributed by atoms with van der Waals surface area (Å²) in [6.45, 7) is 1.68. The Bertz CT molecular complexity index is 901. The van der Waals surface area contributed by atoms with E-state index in [2.05, 4.69) is 5.32 Å². The van der Waals surface area contributed by atoms with Crippen LogP contribution in [0.2, 0.25) is 10.0 Å². The highest BCUT2D eigenvalue weighted by molar-refractivity contribution is 6.35. The molecule has 0 saturated heterocycles. The second-order valence-corrected chi connectivity index (χ2v) is 7.48. The highest BCUT2D eigenvalue weighted by Gasteiger charge is 2.29. The lowest BCUT2D eigenvalue weighted by Crippen LogP contribution is -2.49. The maximum atomic E-state index is 13.1. The van der Waals surface area contributed by atoms with Gasteiger partial charge < -0.3 is 24.4 Å². The highest BCUT2D eigenvalue weighted by Crippen LogP contribution is 2.28. The number of nitrogens with one attached hydrogen (secondary N) is 1. The lowest BCUT2D eigenvalue weighted by atomic mass is 10.1. The van der Waals surface area contributed by atoms with Gasteiger partial charge in [0.25, 0.3) is 5.91 Å². The van der Waals surface area contributed by atoms with Crippen molar-refractivity contribution >= 4 is 35.0 Å². The summed E-state index contributed by atoms with van der Waals surface area (Å²) >= 11 is 12.3. The van der Waals surface area contributed by atoms with Crippen LogP contribution < -0.4 is 19.5 Å². The highest BCUT2D eigenvalue weighted by atomic mass is 35.5. The van der Waals surface area contributed by atoms with Crippen molar-refractivity contribution in [2.24, 2.45) is 0 Å². The number of carbonyl (C=O) groups is 2. The number of rotatable bonds is 10. The van der Waals surface area contributed by atoms with Crippen LogP contribution in [0.4, 0.5) is 0 Å². The molecule has 0 aliphatic heterocycles. The van der Waals surface area contributed by atoms with Crippen LogP contribution in [0.25, 0.3) is 0 Å². The van der Waals surface area contributed by atoms with E-state index in [1.807, 2.05) is 6.92 Å². The fraction of sp³-hybridized carbons (Fsp3) is 0.364. The summed E-state index contributed by atoms with van der Waals surface area (Å²) in [5, 5.41) is 3.50. The summed E-state index contributed by atoms with van der Waals surface area (Å²) in [5.41, 5.74) is 0.671. The Balaban J connectivity index is 2.26. The third kappa shape index (κ3) is 6.67. The Kier molecular flexibility index (Phi) is 9.27. The van der Waals surface area contributed by atoms with E-state index in [1.165, 1.54) is 26.2 Å². The number of hydrogen-bond acceptors (Lipinski definition) is 5. The number of halogens is 2. The number of methoxy groups -OCH3 is 2. The molecule has 2 aromatic carbocycles. The molecule has 0 aliphatic carbocycles. The predicted molar refractivity (Wildman–Crippen MR) is 120 cm³/mol. The van der Waals surface area contributed by atoms with Crippen molar-refractivity contribution < 1.29 is 23.8 Å². The molecule has 0 radical (unpaired) electrons. The van der Waals surface area contributed by atoms with Crippen LogP contribution in [-0.4, -0.2) is 50.6 Å². The zero-order valence-corrected chi connectivity index (χ0v) is 19.4. The molecule has 0 bridgehead atoms. The zero-order chi connectivity index (χ0) is 23.0. The minimum absolute atomic E-state index is 0.131. The fourth-order valence-corrected chi connectivity index (χ4v) is 3.48. The van der Waals surface area contributed by atoms with E-state index in [0.717, 1.165) is 0 Å². The Hall–Kier alpha value is -2.64. The lowest BCUT2D eigenvalue weighted by Gasteiger charge is -2.30. The van der Waals surface area contributed by atoms with Crippen molar-refractivity contribution in [3.63, 3.8) is 0 Å². The molecule has 0 aromatic heterocycles. The molecular weight excluding hydrogens is 443 g/mol. The number of ether oxygens (including phenoxy) is 3. The molecule has 0 fully saturated rings. The normalized spacial score (nSPS) is 11.4. The van der Waals surface area contributed by atoms with Crippen LogP contribution in [0.15, 0.2) is 36.4 Å². The molecule has 2 amide bonds. The van der Waals surface area contributed by atoms with Gasteiger partial charge in [-0.1, -0.05) is 36.2 Å². The minimum Gasteiger partial charge on any atom is -0.496 e. The van der Waals surface area contributed by atoms with Gasteiger partial charge in [0.05, 0.1) is 14.2 Å². The molecule has 0 saturated carbocycles. The monoisotopic (exact) mass is 468 g/mol. The molecular formula is C22H26Cl2N2O5. The summed E-state index contributed by atoms with van der Waals surface area (Å²) in [6.07, 6.45) is 0.420. The average molecular weight is 469 g/mol. The van der Waals surface area contributed by atoms with E-state index in [9.17, 15) is 9.59 Å². The van der Waals surface area contributed by atoms with Crippen molar-refractivity contribution in [3.05, 3.63) is 52.0 Å². The Morgan fingerprint density at radius 2 is 1.65 bits per heavy atom. The molecule has 7 nitrogen and oxygen atoms in total. The van der Waals surface area contributed by atoms with Gasteiger partial charge in [-0.3, -0.25) is 9.59 Å². The molecule has 2 aromatic rings. The van der Waals surface area contributed by atoms with E-state index in [0.29, 0.717) is 39.3 Å². The van der Waals surface area contributed by atoms with Crippen LogP contribution >= 0.6 is 23.2 Å². The maximum absolute atomic E-state index is 13.1. The number of carbonyl (C=O) groups excluding carboxylic acids is 2. The van der Waals surface area contributed by atoms with Gasteiger partial charge in [0.2, 0.25) is 5.91 Å². The first-order valence-corrected chi connectivity index (χ1v) is 10.4. The number of nitrogens with zero attached hydrogens (tertiary/aromatic N) is 1. The van der Waals surface area contributed by atoms with E-state index >= 15 is 0 Å². The molecule has 1 N–H and O–H groups in total. The molecule has 1 atom stereocenters. The minimum atomic E-state index is -0.687. The summed E-state index contributed by atoms with van der Waals surface area (Å²) in [7, 11) is 4.58. The molecule has 0 heterocycles. The first kappa shape index (κ1) is 24.6. The molecule has 2 rings (SSSR count). The summed E-state index contributed by atoms with van der Waals surface area (Å²) in [4.78, 5) is 27.0. The average Bonchev–Trinajstić information content (AvgIpc) is 2.78. The van der Waals surface area contributed by atoms with Gasteiger partial charge >= 0.3 is 0 Å². The quantitative estimate of drug-likeness (QED) is 0.571. The van der Waals surface area contributed by atoms with Crippen LogP contribution in [0, 0.1) is 0 Å². The molecule has 168 valence electrons. The lowest BCUT2D eigenvalue weighted by molar-refractivity contribution is -0.142. The van der Waals surface area contributed by atoms with Gasteiger partial charge in [0.1, 0.15) is 23.3 Å². The van der Waals surface area contributed by atoms with Crippen LogP contribution in [-0.2, 0) is 16.1 Å². The Labute approximate surface area is 192 Å². The summed E-state index contributed by atoms with van der Waals surface area (Å²) in [5.74, 6) is 0.820. The predicted octanol–water partition coefficient (Wildman–Crippen LogP) is 3.94. The van der Waals surface area contributed by atoms with Gasteiger partial charge in [0.15, 0.2) is 6.61 Å². The van der Waals surface area contributed by atoms with Gasteiger partial charge in [-0.05, 0) is 24.1 Å². The van der Waals surface area contributed by atoms with Gasteiger partial charge in [0, 0.05) is 41.8 Å². The number of hydrogen-bond donors (Lipinski definition) is 1. The van der Waals surface area contributed by atoms with E-state index < -0.39 is 6.04 Å². The Morgan fingerprint density at radius 1 is 1.03 bits per heavy atom. The second kappa shape index (κ2) is 11.7. The van der Waals surface area contributed by atoms with Crippen molar-refractivity contribution in [1.29, 1.82) is 0 Å². The van der Waals surface area contributed by atoms with Crippen molar-refractivity contribution in [3.8, 4) is 17.2 Å². The summed E-state index contributed by atoms with van der Waals surface area (Å²) < 4.78 is 16.1. The second-order valence-electron chi connectivity index (χ2n) is 6.63. The largest absolute Gasteiger partial charge is 0.496 e. The topological polar surface area (TPSA) is 77.1 Å². The van der Waals surface area contributed by atoms with Crippen molar-refractivity contribution in [1.82, 2.24) is 10.2 Å². The zero-order valence-electron chi connectivity index (χ0n) is 17.9. The fourth-order valence-electron chi connectivity index (χ4n) is 3.01. The number of amides is 2. The van der Waals surface area contributed by atoms with Crippen molar-refractivity contribution in [2.45, 2.75) is 25.9 Å². The maximum Gasteiger partial charge on any atom is 0.261 e. The first-order chi connectivity index (χ1) is 14.8. The van der Waals surface area contributed by atoms with E-state index in [4.69, 9.17) is 37.4 Å². The standard InChI is InChI=1S/C22H26Cl2N2O5/c1-5-20(22(28)25-2)26(12-14-6-7-15(23)8-19(14)24)21(27)13-31-18-10-16(29-3)9-17(11-18)30-4/h6-11,20H,5,12-13H2,1-4H3,(H,25,28)/t20-/m1/s1. The summed E-state index contributed by atoms with van der Waals surface area (Å²) in [6, 6.07) is 9.31. The van der Waals surface area contributed by atoms with E-state index in [1.54, 1.807) is 36.4 Å². The number of benzene rings is 2. The van der Waals surface area contributed by atoms with Crippen LogP contribution in [0.5, 0.6) is 17.2 Å². The molecule has 0 spiro atoms. The molecule has 9 heteroatoms. The molecule has 0 aliphatic rings. The van der Waals surface area contributed by atoms with Crippen LogP contribution in [0.3, 0.4) is 0 Å².